The van der Waals surface area contributed by atoms with Crippen LogP contribution in [-0.2, 0) is 13.2 Å². The zero-order valence-corrected chi connectivity index (χ0v) is 19.8. The molecule has 0 saturated carbocycles. The quantitative estimate of drug-likeness (QED) is 0.482. The average molecular weight is 500 g/mol. The fourth-order valence-electron chi connectivity index (χ4n) is 3.71. The number of aryl methyl sites for hydroxylation is 1. The van der Waals surface area contributed by atoms with E-state index in [4.69, 9.17) is 14.0 Å². The van der Waals surface area contributed by atoms with Crippen molar-refractivity contribution < 1.29 is 18.8 Å². The van der Waals surface area contributed by atoms with Crippen molar-refractivity contribution >= 4 is 21.8 Å². The molecular formula is C24H26BrN3O4. The van der Waals surface area contributed by atoms with Gasteiger partial charge in [-0.25, -0.2) is 0 Å². The van der Waals surface area contributed by atoms with Gasteiger partial charge in [0.05, 0.1) is 12.7 Å². The fraction of sp³-hybridized carbons (Fsp3) is 0.333. The van der Waals surface area contributed by atoms with Crippen molar-refractivity contribution in [1.82, 2.24) is 15.0 Å². The van der Waals surface area contributed by atoms with E-state index >= 15 is 0 Å². The van der Waals surface area contributed by atoms with E-state index in [0.717, 1.165) is 29.9 Å². The van der Waals surface area contributed by atoms with E-state index in [2.05, 4.69) is 38.1 Å². The van der Waals surface area contributed by atoms with Crippen LogP contribution in [0.2, 0.25) is 0 Å². The van der Waals surface area contributed by atoms with Crippen LogP contribution in [0.1, 0.15) is 27.4 Å². The molecule has 0 spiro atoms. The Labute approximate surface area is 196 Å². The zero-order chi connectivity index (χ0) is 22.5. The fourth-order valence-corrected chi connectivity index (χ4v) is 4.16. The predicted octanol–water partition coefficient (Wildman–Crippen LogP) is 4.29. The molecule has 168 valence electrons. The van der Waals surface area contributed by atoms with Gasteiger partial charge in [0.1, 0.15) is 23.9 Å². The monoisotopic (exact) mass is 499 g/mol. The molecule has 8 heteroatoms. The third-order valence-electron chi connectivity index (χ3n) is 5.58. The second kappa shape index (κ2) is 10.2. The first-order valence-electron chi connectivity index (χ1n) is 10.5. The number of rotatable bonds is 7. The summed E-state index contributed by atoms with van der Waals surface area (Å²) in [6, 6.07) is 15.6. The maximum absolute atomic E-state index is 13.1. The Morgan fingerprint density at radius 1 is 1.09 bits per heavy atom. The Hall–Kier alpha value is -2.84. The highest BCUT2D eigenvalue weighted by Crippen LogP contribution is 2.22. The molecule has 0 atom stereocenters. The molecule has 1 saturated heterocycles. The van der Waals surface area contributed by atoms with Crippen LogP contribution in [0, 0.1) is 6.92 Å². The number of methoxy groups -OCH3 is 1. The molecule has 0 aliphatic carbocycles. The van der Waals surface area contributed by atoms with Gasteiger partial charge in [-0.3, -0.25) is 9.69 Å². The average Bonchev–Trinajstić information content (AvgIpc) is 3.18. The summed E-state index contributed by atoms with van der Waals surface area (Å²) in [5.74, 6) is 1.92. The Morgan fingerprint density at radius 2 is 1.81 bits per heavy atom. The van der Waals surface area contributed by atoms with Crippen molar-refractivity contribution in [2.45, 2.75) is 20.1 Å². The number of ether oxygens (including phenoxy) is 2. The standard InChI is InChI=1S/C24H26BrN3O4/c1-17-22(16-31-21-8-6-20(30-2)7-9-21)23(26-32-17)24(29)28-12-10-27(11-13-28)15-18-4-3-5-19(25)14-18/h3-9,14H,10-13,15-16H2,1-2H3. The number of nitrogens with zero attached hydrogens (tertiary/aromatic N) is 3. The number of hydrogen-bond donors (Lipinski definition) is 0. The van der Waals surface area contributed by atoms with E-state index in [1.165, 1.54) is 5.56 Å². The van der Waals surface area contributed by atoms with Gasteiger partial charge in [0.15, 0.2) is 5.69 Å². The second-order valence-corrected chi connectivity index (χ2v) is 8.64. The second-order valence-electron chi connectivity index (χ2n) is 7.73. The maximum Gasteiger partial charge on any atom is 0.276 e. The minimum Gasteiger partial charge on any atom is -0.497 e. The largest absolute Gasteiger partial charge is 0.497 e. The van der Waals surface area contributed by atoms with E-state index < -0.39 is 0 Å². The molecule has 0 radical (unpaired) electrons. The highest BCUT2D eigenvalue weighted by Gasteiger charge is 2.28. The highest BCUT2D eigenvalue weighted by atomic mass is 79.9. The molecule has 32 heavy (non-hydrogen) atoms. The maximum atomic E-state index is 13.1. The molecule has 2 heterocycles. The molecule has 0 unspecified atom stereocenters. The van der Waals surface area contributed by atoms with Gasteiger partial charge in [-0.2, -0.15) is 0 Å². The van der Waals surface area contributed by atoms with Crippen molar-refractivity contribution in [3.8, 4) is 11.5 Å². The smallest absolute Gasteiger partial charge is 0.276 e. The number of carbonyl (C=O) groups is 1. The summed E-state index contributed by atoms with van der Waals surface area (Å²) in [5.41, 5.74) is 2.27. The van der Waals surface area contributed by atoms with Crippen molar-refractivity contribution in [3.63, 3.8) is 0 Å². The van der Waals surface area contributed by atoms with Gasteiger partial charge in [0, 0.05) is 37.2 Å². The van der Waals surface area contributed by atoms with Crippen molar-refractivity contribution in [1.29, 1.82) is 0 Å². The number of aromatic nitrogens is 1. The number of benzene rings is 2. The lowest BCUT2D eigenvalue weighted by Crippen LogP contribution is -2.48. The topological polar surface area (TPSA) is 68.0 Å². The minimum atomic E-state index is -0.114. The number of piperazine rings is 1. The first-order chi connectivity index (χ1) is 15.5. The van der Waals surface area contributed by atoms with Crippen LogP contribution in [0.15, 0.2) is 57.5 Å². The van der Waals surface area contributed by atoms with Gasteiger partial charge in [-0.15, -0.1) is 0 Å². The van der Waals surface area contributed by atoms with Crippen LogP contribution in [0.3, 0.4) is 0 Å². The van der Waals surface area contributed by atoms with Crippen LogP contribution >= 0.6 is 15.9 Å². The summed E-state index contributed by atoms with van der Waals surface area (Å²) >= 11 is 3.52. The van der Waals surface area contributed by atoms with Gasteiger partial charge >= 0.3 is 0 Å². The summed E-state index contributed by atoms with van der Waals surface area (Å²) in [6.45, 7) is 5.80. The molecule has 1 amide bonds. The van der Waals surface area contributed by atoms with Gasteiger partial charge in [0.2, 0.25) is 0 Å². The molecule has 7 nitrogen and oxygen atoms in total. The van der Waals surface area contributed by atoms with Gasteiger partial charge in [0.25, 0.3) is 5.91 Å². The third kappa shape index (κ3) is 5.31. The van der Waals surface area contributed by atoms with E-state index in [9.17, 15) is 4.79 Å². The Kier molecular flexibility index (Phi) is 7.12. The van der Waals surface area contributed by atoms with Crippen LogP contribution in [0.25, 0.3) is 0 Å². The molecule has 4 rings (SSSR count). The number of hydrogen-bond acceptors (Lipinski definition) is 6. The molecule has 1 aliphatic heterocycles. The van der Waals surface area contributed by atoms with Crippen LogP contribution in [0.5, 0.6) is 11.5 Å². The van der Waals surface area contributed by atoms with Gasteiger partial charge in [-0.1, -0.05) is 33.2 Å². The third-order valence-corrected chi connectivity index (χ3v) is 6.08. The minimum absolute atomic E-state index is 0.114. The molecule has 1 aromatic heterocycles. The summed E-state index contributed by atoms with van der Waals surface area (Å²) < 4.78 is 17.4. The zero-order valence-electron chi connectivity index (χ0n) is 18.2. The summed E-state index contributed by atoms with van der Waals surface area (Å²) in [5, 5.41) is 4.04. The Morgan fingerprint density at radius 3 is 2.50 bits per heavy atom. The summed E-state index contributed by atoms with van der Waals surface area (Å²) in [4.78, 5) is 17.3. The SMILES string of the molecule is COc1ccc(OCc2c(C(=O)N3CCN(Cc4cccc(Br)c4)CC3)noc2C)cc1. The first kappa shape index (κ1) is 22.4. The summed E-state index contributed by atoms with van der Waals surface area (Å²) in [6.07, 6.45) is 0. The van der Waals surface area contributed by atoms with E-state index in [-0.39, 0.29) is 12.5 Å². The van der Waals surface area contributed by atoms with Crippen molar-refractivity contribution in [3.05, 3.63) is 75.6 Å². The Bertz CT molecular complexity index is 1060. The van der Waals surface area contributed by atoms with Gasteiger partial charge in [-0.05, 0) is 48.9 Å². The normalized spacial score (nSPS) is 14.4. The number of halogens is 1. The lowest BCUT2D eigenvalue weighted by molar-refractivity contribution is 0.0616. The molecule has 1 aliphatic rings. The number of carbonyl (C=O) groups excluding carboxylic acids is 1. The molecule has 3 aromatic rings. The molecular weight excluding hydrogens is 474 g/mol. The molecule has 0 N–H and O–H groups in total. The lowest BCUT2D eigenvalue weighted by atomic mass is 10.1. The van der Waals surface area contributed by atoms with E-state index in [1.54, 1.807) is 14.0 Å². The molecule has 2 aromatic carbocycles. The van der Waals surface area contributed by atoms with Crippen LogP contribution in [0.4, 0.5) is 0 Å². The van der Waals surface area contributed by atoms with Gasteiger partial charge < -0.3 is 18.9 Å². The highest BCUT2D eigenvalue weighted by molar-refractivity contribution is 9.10. The first-order valence-corrected chi connectivity index (χ1v) is 11.3. The molecule has 0 bridgehead atoms. The van der Waals surface area contributed by atoms with Crippen LogP contribution < -0.4 is 9.47 Å². The van der Waals surface area contributed by atoms with Crippen molar-refractivity contribution in [2.24, 2.45) is 0 Å². The molecule has 1 fully saturated rings. The number of amides is 1. The van der Waals surface area contributed by atoms with Crippen LogP contribution in [-0.4, -0.2) is 54.2 Å². The summed E-state index contributed by atoms with van der Waals surface area (Å²) in [7, 11) is 1.62. The van der Waals surface area contributed by atoms with E-state index in [1.807, 2.05) is 41.3 Å². The lowest BCUT2D eigenvalue weighted by Gasteiger charge is -2.34. The predicted molar refractivity (Wildman–Crippen MR) is 124 cm³/mol. The Balaban J connectivity index is 1.35. The van der Waals surface area contributed by atoms with Crippen molar-refractivity contribution in [2.75, 3.05) is 33.3 Å². The van der Waals surface area contributed by atoms with E-state index in [0.29, 0.717) is 35.9 Å².